The predicted molar refractivity (Wildman–Crippen MR) is 149 cm³/mol. The molecule has 3 aromatic rings. The van der Waals surface area contributed by atoms with Gasteiger partial charge in [0.05, 0.1) is 4.47 Å². The highest BCUT2D eigenvalue weighted by atomic mass is 79.9. The standard InChI is InChI=1S/C28H29BrCl2N2O3/c1-18(2)20-12-13-26(22(29)15-20)36-17-27(34)33(16-21-23(30)10-7-11-24(21)31)25(28(35)32-3)14-19-8-5-4-6-9-19/h4-13,15,18,25H,14,16-17H2,1-3H3,(H,32,35). The zero-order chi connectivity index (χ0) is 26.2. The first kappa shape index (κ1) is 28.0. The molecule has 8 heteroatoms. The van der Waals surface area contributed by atoms with E-state index in [9.17, 15) is 9.59 Å². The van der Waals surface area contributed by atoms with Gasteiger partial charge in [0.1, 0.15) is 11.8 Å². The molecule has 5 nitrogen and oxygen atoms in total. The van der Waals surface area contributed by atoms with Crippen molar-refractivity contribution in [1.82, 2.24) is 10.2 Å². The third-order valence-electron chi connectivity index (χ3n) is 5.88. The first-order valence-corrected chi connectivity index (χ1v) is 13.2. The van der Waals surface area contributed by atoms with E-state index in [4.69, 9.17) is 27.9 Å². The molecule has 1 N–H and O–H groups in total. The summed E-state index contributed by atoms with van der Waals surface area (Å²) in [6.07, 6.45) is 0.321. The molecule has 0 saturated carbocycles. The predicted octanol–water partition coefficient (Wildman–Crippen LogP) is 6.64. The van der Waals surface area contributed by atoms with Gasteiger partial charge in [-0.05, 0) is 57.2 Å². The van der Waals surface area contributed by atoms with Crippen LogP contribution in [0.15, 0.2) is 71.2 Å². The Morgan fingerprint density at radius 2 is 1.67 bits per heavy atom. The minimum atomic E-state index is -0.799. The number of benzene rings is 3. The molecule has 0 spiro atoms. The van der Waals surface area contributed by atoms with Gasteiger partial charge in [-0.15, -0.1) is 0 Å². The highest BCUT2D eigenvalue weighted by Crippen LogP contribution is 2.30. The lowest BCUT2D eigenvalue weighted by Crippen LogP contribution is -2.51. The van der Waals surface area contributed by atoms with E-state index in [0.717, 1.165) is 15.6 Å². The average Bonchev–Trinajstić information content (AvgIpc) is 2.86. The molecule has 0 aromatic heterocycles. The van der Waals surface area contributed by atoms with Crippen LogP contribution in [-0.2, 0) is 22.6 Å². The highest BCUT2D eigenvalue weighted by molar-refractivity contribution is 9.10. The Labute approximate surface area is 230 Å². The SMILES string of the molecule is CNC(=O)C(Cc1ccccc1)N(Cc1c(Cl)cccc1Cl)C(=O)COc1ccc(C(C)C)cc1Br. The fourth-order valence-corrected chi connectivity index (χ4v) is 4.82. The Kier molecular flexibility index (Phi) is 10.2. The van der Waals surface area contributed by atoms with E-state index >= 15 is 0 Å². The Bertz CT molecular complexity index is 1180. The van der Waals surface area contributed by atoms with Crippen molar-refractivity contribution in [2.45, 2.75) is 38.8 Å². The summed E-state index contributed by atoms with van der Waals surface area (Å²) in [5.74, 6) is 0.246. The second-order valence-electron chi connectivity index (χ2n) is 8.67. The largest absolute Gasteiger partial charge is 0.483 e. The first-order valence-electron chi connectivity index (χ1n) is 11.6. The van der Waals surface area contributed by atoms with E-state index < -0.39 is 6.04 Å². The van der Waals surface area contributed by atoms with Gasteiger partial charge in [0.15, 0.2) is 6.61 Å². The van der Waals surface area contributed by atoms with Crippen LogP contribution < -0.4 is 10.1 Å². The minimum Gasteiger partial charge on any atom is -0.483 e. The number of hydrogen-bond acceptors (Lipinski definition) is 3. The Morgan fingerprint density at radius 3 is 2.25 bits per heavy atom. The summed E-state index contributed by atoms with van der Waals surface area (Å²) in [6.45, 7) is 4.01. The van der Waals surface area contributed by atoms with Crippen molar-refractivity contribution in [2.75, 3.05) is 13.7 Å². The van der Waals surface area contributed by atoms with Crippen LogP contribution >= 0.6 is 39.1 Å². The molecular weight excluding hydrogens is 563 g/mol. The van der Waals surface area contributed by atoms with Crippen LogP contribution in [0.1, 0.15) is 36.5 Å². The highest BCUT2D eigenvalue weighted by Gasteiger charge is 2.31. The molecule has 190 valence electrons. The van der Waals surface area contributed by atoms with Crippen LogP contribution in [0, 0.1) is 0 Å². The maximum atomic E-state index is 13.6. The molecule has 0 aliphatic rings. The molecular formula is C28H29BrCl2N2O3. The van der Waals surface area contributed by atoms with Crippen LogP contribution in [0.2, 0.25) is 10.0 Å². The van der Waals surface area contributed by atoms with Gasteiger partial charge in [0.2, 0.25) is 5.91 Å². The molecule has 0 saturated heterocycles. The molecule has 0 aliphatic heterocycles. The van der Waals surface area contributed by atoms with Crippen molar-refractivity contribution in [3.05, 3.63) is 97.9 Å². The van der Waals surface area contributed by atoms with E-state index in [-0.39, 0.29) is 25.0 Å². The summed E-state index contributed by atoms with van der Waals surface area (Å²) in [4.78, 5) is 28.1. The summed E-state index contributed by atoms with van der Waals surface area (Å²) in [6, 6.07) is 19.7. The average molecular weight is 592 g/mol. The minimum absolute atomic E-state index is 0.0546. The maximum absolute atomic E-state index is 13.6. The topological polar surface area (TPSA) is 58.6 Å². The van der Waals surface area contributed by atoms with Crippen LogP contribution in [0.5, 0.6) is 5.75 Å². The number of carbonyl (C=O) groups is 2. The van der Waals surface area contributed by atoms with Gasteiger partial charge in [-0.1, -0.05) is 79.5 Å². The van der Waals surface area contributed by atoms with Gasteiger partial charge in [-0.2, -0.15) is 0 Å². The summed E-state index contributed by atoms with van der Waals surface area (Å²) in [5, 5.41) is 3.53. The molecule has 2 amide bonds. The molecule has 36 heavy (non-hydrogen) atoms. The van der Waals surface area contributed by atoms with E-state index in [1.807, 2.05) is 48.5 Å². The third-order valence-corrected chi connectivity index (χ3v) is 7.21. The number of hydrogen-bond donors (Lipinski definition) is 1. The van der Waals surface area contributed by atoms with Gasteiger partial charge in [0.25, 0.3) is 5.91 Å². The lowest BCUT2D eigenvalue weighted by Gasteiger charge is -2.31. The van der Waals surface area contributed by atoms with Gasteiger partial charge in [-0.3, -0.25) is 9.59 Å². The van der Waals surface area contributed by atoms with Crippen molar-refractivity contribution >= 4 is 50.9 Å². The molecule has 3 aromatic carbocycles. The fraction of sp³-hybridized carbons (Fsp3) is 0.286. The number of halogens is 3. The van der Waals surface area contributed by atoms with Crippen LogP contribution in [0.4, 0.5) is 0 Å². The number of carbonyl (C=O) groups excluding carboxylic acids is 2. The Hall–Kier alpha value is -2.54. The van der Waals surface area contributed by atoms with Crippen molar-refractivity contribution in [2.24, 2.45) is 0 Å². The molecule has 0 fully saturated rings. The lowest BCUT2D eigenvalue weighted by molar-refractivity contribution is -0.142. The summed E-state index contributed by atoms with van der Waals surface area (Å²) < 4.78 is 6.65. The number of rotatable bonds is 10. The molecule has 3 rings (SSSR count). The number of nitrogens with one attached hydrogen (secondary N) is 1. The third kappa shape index (κ3) is 7.25. The second-order valence-corrected chi connectivity index (χ2v) is 10.3. The Balaban J connectivity index is 1.92. The molecule has 1 unspecified atom stereocenters. The zero-order valence-corrected chi connectivity index (χ0v) is 23.5. The Morgan fingerprint density at radius 1 is 1.00 bits per heavy atom. The summed E-state index contributed by atoms with van der Waals surface area (Å²) in [5.41, 5.74) is 2.64. The van der Waals surface area contributed by atoms with E-state index in [1.54, 1.807) is 25.2 Å². The normalized spacial score (nSPS) is 11.8. The first-order chi connectivity index (χ1) is 17.2. The molecule has 0 radical (unpaired) electrons. The van der Waals surface area contributed by atoms with Crippen LogP contribution in [0.3, 0.4) is 0 Å². The van der Waals surface area contributed by atoms with Crippen LogP contribution in [-0.4, -0.2) is 36.4 Å². The van der Waals surface area contributed by atoms with Crippen molar-refractivity contribution < 1.29 is 14.3 Å². The molecule has 1 atom stereocenters. The van der Waals surface area contributed by atoms with E-state index in [1.165, 1.54) is 4.90 Å². The molecule has 0 aliphatic carbocycles. The van der Waals surface area contributed by atoms with Gasteiger partial charge >= 0.3 is 0 Å². The van der Waals surface area contributed by atoms with E-state index in [2.05, 4.69) is 35.1 Å². The fourth-order valence-electron chi connectivity index (χ4n) is 3.79. The second kappa shape index (κ2) is 13.1. The lowest BCUT2D eigenvalue weighted by atomic mass is 10.0. The quantitative estimate of drug-likeness (QED) is 0.287. The van der Waals surface area contributed by atoms with Crippen molar-refractivity contribution in [1.29, 1.82) is 0 Å². The monoisotopic (exact) mass is 590 g/mol. The van der Waals surface area contributed by atoms with Crippen molar-refractivity contribution in [3.63, 3.8) is 0 Å². The van der Waals surface area contributed by atoms with Crippen molar-refractivity contribution in [3.8, 4) is 5.75 Å². The zero-order valence-electron chi connectivity index (χ0n) is 20.4. The molecule has 0 bridgehead atoms. The van der Waals surface area contributed by atoms with E-state index in [0.29, 0.717) is 33.7 Å². The maximum Gasteiger partial charge on any atom is 0.261 e. The van der Waals surface area contributed by atoms with Gasteiger partial charge in [-0.25, -0.2) is 0 Å². The molecule has 0 heterocycles. The number of ether oxygens (including phenoxy) is 1. The van der Waals surface area contributed by atoms with Crippen LogP contribution in [0.25, 0.3) is 0 Å². The smallest absolute Gasteiger partial charge is 0.261 e. The van der Waals surface area contributed by atoms with Gasteiger partial charge < -0.3 is 15.0 Å². The van der Waals surface area contributed by atoms with Gasteiger partial charge in [0, 0.05) is 35.6 Å². The number of amides is 2. The summed E-state index contributed by atoms with van der Waals surface area (Å²) in [7, 11) is 1.55. The number of likely N-dealkylation sites (N-methyl/N-ethyl adjacent to an activating group) is 1. The summed E-state index contributed by atoms with van der Waals surface area (Å²) >= 11 is 16.4. The number of nitrogens with zero attached hydrogens (tertiary/aromatic N) is 1.